The summed E-state index contributed by atoms with van der Waals surface area (Å²) in [5, 5.41) is 3.38. The SMILES string of the molecule is Cc1cc(=O)oc2cc(NC(=O)OC(C)c3ccc(COC(=O)C(C)(C)C)o3)ccc12. The standard InChI is InChI=1S/C23H25NO7/c1-13-10-20(25)31-19-11-15(6-8-17(13)19)24-22(27)29-14(2)18-9-7-16(30-18)12-28-21(26)23(3,4)5/h6-11,14H,12H2,1-5H3,(H,24,27). The van der Waals surface area contributed by atoms with E-state index < -0.39 is 23.2 Å². The van der Waals surface area contributed by atoms with Crippen LogP contribution < -0.4 is 10.9 Å². The summed E-state index contributed by atoms with van der Waals surface area (Å²) < 4.78 is 21.4. The molecule has 1 N–H and O–H groups in total. The van der Waals surface area contributed by atoms with Crippen LogP contribution >= 0.6 is 0 Å². The number of furan rings is 1. The molecule has 0 radical (unpaired) electrons. The molecule has 3 rings (SSSR count). The van der Waals surface area contributed by atoms with Gasteiger partial charge in [-0.05, 0) is 64.4 Å². The van der Waals surface area contributed by atoms with Gasteiger partial charge in [0, 0.05) is 23.2 Å². The number of esters is 1. The molecule has 1 amide bonds. The second kappa shape index (κ2) is 8.67. The molecule has 0 saturated carbocycles. The van der Waals surface area contributed by atoms with E-state index in [4.69, 9.17) is 18.3 Å². The molecule has 0 aliphatic heterocycles. The van der Waals surface area contributed by atoms with E-state index in [-0.39, 0.29) is 12.6 Å². The highest BCUT2D eigenvalue weighted by molar-refractivity contribution is 5.90. The first-order valence-corrected chi connectivity index (χ1v) is 9.81. The number of hydrogen-bond donors (Lipinski definition) is 1. The Morgan fingerprint density at radius 1 is 1.10 bits per heavy atom. The summed E-state index contributed by atoms with van der Waals surface area (Å²) in [5.74, 6) is 0.524. The van der Waals surface area contributed by atoms with Crippen molar-refractivity contribution in [3.63, 3.8) is 0 Å². The predicted octanol–water partition coefficient (Wildman–Crippen LogP) is 5.09. The van der Waals surface area contributed by atoms with Crippen LogP contribution in [-0.4, -0.2) is 12.1 Å². The second-order valence-electron chi connectivity index (χ2n) is 8.26. The predicted molar refractivity (Wildman–Crippen MR) is 114 cm³/mol. The van der Waals surface area contributed by atoms with E-state index in [0.29, 0.717) is 22.8 Å². The Morgan fingerprint density at radius 3 is 2.55 bits per heavy atom. The van der Waals surface area contributed by atoms with Crippen molar-refractivity contribution in [1.29, 1.82) is 0 Å². The number of hydrogen-bond acceptors (Lipinski definition) is 7. The summed E-state index contributed by atoms with van der Waals surface area (Å²) in [4.78, 5) is 35.7. The first-order valence-electron chi connectivity index (χ1n) is 9.81. The average Bonchev–Trinajstić information content (AvgIpc) is 3.14. The zero-order valence-electron chi connectivity index (χ0n) is 18.1. The van der Waals surface area contributed by atoms with E-state index in [9.17, 15) is 14.4 Å². The van der Waals surface area contributed by atoms with Gasteiger partial charge in [-0.3, -0.25) is 10.1 Å². The fourth-order valence-corrected chi connectivity index (χ4v) is 2.81. The maximum Gasteiger partial charge on any atom is 0.412 e. The topological polar surface area (TPSA) is 108 Å². The lowest BCUT2D eigenvalue weighted by Gasteiger charge is -2.15. The van der Waals surface area contributed by atoms with Crippen molar-refractivity contribution < 1.29 is 27.9 Å². The summed E-state index contributed by atoms with van der Waals surface area (Å²) in [7, 11) is 0. The van der Waals surface area contributed by atoms with Gasteiger partial charge in [0.2, 0.25) is 0 Å². The van der Waals surface area contributed by atoms with Gasteiger partial charge in [-0.25, -0.2) is 9.59 Å². The number of benzene rings is 1. The van der Waals surface area contributed by atoms with Gasteiger partial charge in [0.1, 0.15) is 23.7 Å². The van der Waals surface area contributed by atoms with Crippen LogP contribution in [0.3, 0.4) is 0 Å². The molecule has 164 valence electrons. The lowest BCUT2D eigenvalue weighted by atomic mass is 9.97. The third kappa shape index (κ3) is 5.53. The molecule has 1 aromatic carbocycles. The van der Waals surface area contributed by atoms with Crippen molar-refractivity contribution in [3.05, 3.63) is 63.9 Å². The van der Waals surface area contributed by atoms with Crippen molar-refractivity contribution in [2.75, 3.05) is 5.32 Å². The highest BCUT2D eigenvalue weighted by atomic mass is 16.6. The maximum absolute atomic E-state index is 12.3. The van der Waals surface area contributed by atoms with Gasteiger partial charge < -0.3 is 18.3 Å². The summed E-state index contributed by atoms with van der Waals surface area (Å²) in [6, 6.07) is 9.74. The molecule has 0 aliphatic carbocycles. The van der Waals surface area contributed by atoms with Crippen molar-refractivity contribution >= 4 is 28.7 Å². The molecule has 8 nitrogen and oxygen atoms in total. The van der Waals surface area contributed by atoms with Gasteiger partial charge >= 0.3 is 17.7 Å². The highest BCUT2D eigenvalue weighted by Crippen LogP contribution is 2.24. The van der Waals surface area contributed by atoms with E-state index in [1.165, 1.54) is 6.07 Å². The molecule has 0 aliphatic rings. The molecule has 0 spiro atoms. The molecular formula is C23H25NO7. The average molecular weight is 427 g/mol. The van der Waals surface area contributed by atoms with E-state index >= 15 is 0 Å². The molecule has 0 fully saturated rings. The van der Waals surface area contributed by atoms with Crippen LogP contribution in [0.15, 0.2) is 50.0 Å². The molecule has 2 aromatic heterocycles. The lowest BCUT2D eigenvalue weighted by Crippen LogP contribution is -2.22. The summed E-state index contributed by atoms with van der Waals surface area (Å²) >= 11 is 0. The van der Waals surface area contributed by atoms with Gasteiger partial charge in [-0.15, -0.1) is 0 Å². The Balaban J connectivity index is 1.60. The third-order valence-electron chi connectivity index (χ3n) is 4.52. The summed E-state index contributed by atoms with van der Waals surface area (Å²) in [6.45, 7) is 8.76. The highest BCUT2D eigenvalue weighted by Gasteiger charge is 2.23. The van der Waals surface area contributed by atoms with Crippen LogP contribution in [0.4, 0.5) is 10.5 Å². The van der Waals surface area contributed by atoms with E-state index in [2.05, 4.69) is 5.32 Å². The maximum atomic E-state index is 12.3. The van der Waals surface area contributed by atoms with Gasteiger partial charge in [-0.1, -0.05) is 0 Å². The smallest absolute Gasteiger partial charge is 0.412 e. The molecular weight excluding hydrogens is 402 g/mol. The fourth-order valence-electron chi connectivity index (χ4n) is 2.81. The number of carbonyl (C=O) groups excluding carboxylic acids is 2. The molecule has 0 saturated heterocycles. The Bertz CT molecular complexity index is 1170. The summed E-state index contributed by atoms with van der Waals surface area (Å²) in [6.07, 6.45) is -1.37. The van der Waals surface area contributed by atoms with E-state index in [1.54, 1.807) is 58.0 Å². The zero-order chi connectivity index (χ0) is 22.8. The number of nitrogens with one attached hydrogen (secondary N) is 1. The van der Waals surface area contributed by atoms with Gasteiger partial charge in [0.15, 0.2) is 6.10 Å². The molecule has 1 unspecified atom stereocenters. The molecule has 0 bridgehead atoms. The Kier molecular flexibility index (Phi) is 6.19. The molecule has 31 heavy (non-hydrogen) atoms. The van der Waals surface area contributed by atoms with Crippen LogP contribution in [-0.2, 0) is 20.9 Å². The Labute approximate surface area is 179 Å². The normalized spacial score (nSPS) is 12.4. The number of fused-ring (bicyclic) bond motifs is 1. The molecule has 2 heterocycles. The number of amides is 1. The number of ether oxygens (including phenoxy) is 2. The first-order chi connectivity index (χ1) is 14.5. The quantitative estimate of drug-likeness (QED) is 0.446. The minimum atomic E-state index is -0.695. The first kappa shape index (κ1) is 22.1. The van der Waals surface area contributed by atoms with E-state index in [0.717, 1.165) is 10.9 Å². The van der Waals surface area contributed by atoms with Crippen molar-refractivity contribution in [1.82, 2.24) is 0 Å². The second-order valence-corrected chi connectivity index (χ2v) is 8.26. The van der Waals surface area contributed by atoms with Crippen LogP contribution in [0.1, 0.15) is 50.9 Å². The number of aryl methyl sites for hydroxylation is 1. The molecule has 1 atom stereocenters. The molecule has 8 heteroatoms. The number of carbonyl (C=O) groups is 2. The number of rotatable bonds is 5. The Morgan fingerprint density at radius 2 is 1.84 bits per heavy atom. The van der Waals surface area contributed by atoms with Gasteiger partial charge in [-0.2, -0.15) is 0 Å². The van der Waals surface area contributed by atoms with Crippen LogP contribution in [0.2, 0.25) is 0 Å². The van der Waals surface area contributed by atoms with Crippen LogP contribution in [0, 0.1) is 12.3 Å². The largest absolute Gasteiger partial charge is 0.458 e. The van der Waals surface area contributed by atoms with Crippen molar-refractivity contribution in [2.24, 2.45) is 5.41 Å². The van der Waals surface area contributed by atoms with E-state index in [1.807, 2.05) is 6.92 Å². The lowest BCUT2D eigenvalue weighted by molar-refractivity contribution is -0.154. The Hall–Kier alpha value is -3.55. The van der Waals surface area contributed by atoms with Crippen molar-refractivity contribution in [3.8, 4) is 0 Å². The monoisotopic (exact) mass is 427 g/mol. The van der Waals surface area contributed by atoms with Gasteiger partial charge in [0.25, 0.3) is 0 Å². The fraction of sp³-hybridized carbons (Fsp3) is 0.348. The van der Waals surface area contributed by atoms with Gasteiger partial charge in [0.05, 0.1) is 5.41 Å². The van der Waals surface area contributed by atoms with Crippen molar-refractivity contribution in [2.45, 2.75) is 47.3 Å². The molecule has 3 aromatic rings. The minimum Gasteiger partial charge on any atom is -0.458 e. The third-order valence-corrected chi connectivity index (χ3v) is 4.52. The summed E-state index contributed by atoms with van der Waals surface area (Å²) in [5.41, 5.74) is 0.522. The van der Waals surface area contributed by atoms with Crippen LogP contribution in [0.5, 0.6) is 0 Å². The van der Waals surface area contributed by atoms with Crippen LogP contribution in [0.25, 0.3) is 11.0 Å². The number of anilines is 1. The zero-order valence-corrected chi connectivity index (χ0v) is 18.1. The minimum absolute atomic E-state index is 0.00325.